The minimum atomic E-state index is -0.395. The zero-order valence-corrected chi connectivity index (χ0v) is 6.57. The first-order valence-corrected chi connectivity index (χ1v) is 3.58. The maximum atomic E-state index is 11.0. The van der Waals surface area contributed by atoms with Crippen LogP contribution in [0.4, 0.5) is 4.79 Å². The third kappa shape index (κ3) is 1.03. The number of carbonyl (C=O) groups excluding carboxylic acids is 1. The number of para-hydroxylation sites is 1. The van der Waals surface area contributed by atoms with Gasteiger partial charge < -0.3 is 4.74 Å². The summed E-state index contributed by atoms with van der Waals surface area (Å²) < 4.78 is 4.97. The number of nitrogens with zero attached hydrogens (tertiary/aromatic N) is 1. The topological polar surface area (TPSA) is 29.5 Å². The Hall–Kier alpha value is -1.51. The van der Waals surface area contributed by atoms with Gasteiger partial charge in [-0.3, -0.25) is 4.90 Å². The quantitative estimate of drug-likeness (QED) is 0.577. The van der Waals surface area contributed by atoms with Crippen LogP contribution in [0.2, 0.25) is 0 Å². The van der Waals surface area contributed by atoms with Crippen LogP contribution in [-0.4, -0.2) is 18.0 Å². The number of hydrogen-bond acceptors (Lipinski definition) is 2. The Morgan fingerprint density at radius 3 is 3.00 bits per heavy atom. The molecule has 2 radical (unpaired) electrons. The fraction of sp³-hybridized carbons (Fsp3) is 0.111. The highest BCUT2D eigenvalue weighted by molar-refractivity contribution is 5.75. The summed E-state index contributed by atoms with van der Waals surface area (Å²) in [7, 11) is 1.61. The third-order valence-electron chi connectivity index (χ3n) is 1.65. The normalized spacial score (nSPS) is 15.4. The number of carbonyl (C=O) groups is 1. The highest BCUT2D eigenvalue weighted by Crippen LogP contribution is 2.25. The van der Waals surface area contributed by atoms with Gasteiger partial charge in [-0.15, -0.1) is 0 Å². The Balaban J connectivity index is 2.40. The van der Waals surface area contributed by atoms with Gasteiger partial charge in [0, 0.05) is 12.6 Å². The van der Waals surface area contributed by atoms with Crippen molar-refractivity contribution in [1.29, 1.82) is 0 Å². The Morgan fingerprint density at radius 2 is 2.17 bits per heavy atom. The first-order valence-electron chi connectivity index (χ1n) is 3.58. The van der Waals surface area contributed by atoms with Crippen molar-refractivity contribution in [2.24, 2.45) is 0 Å². The standard InChI is InChI=1S/C9H7NO2/c1-10-6-7-4-2-3-5-8(7)12-9(10)11/h2-5H,1H3. The Bertz CT molecular complexity index is 322. The largest absolute Gasteiger partial charge is 0.415 e. The monoisotopic (exact) mass is 161 g/mol. The molecule has 0 spiro atoms. The summed E-state index contributed by atoms with van der Waals surface area (Å²) in [6.45, 7) is 2.87. The SMILES string of the molecule is CN1[C]c2ccccc2OC1=O. The second kappa shape index (κ2) is 2.52. The predicted octanol–water partition coefficient (Wildman–Crippen LogP) is 1.52. The highest BCUT2D eigenvalue weighted by atomic mass is 16.6. The Morgan fingerprint density at radius 1 is 1.42 bits per heavy atom. The van der Waals surface area contributed by atoms with E-state index in [1.54, 1.807) is 13.1 Å². The molecule has 1 amide bonds. The fourth-order valence-electron chi connectivity index (χ4n) is 1.04. The van der Waals surface area contributed by atoms with Gasteiger partial charge in [0.15, 0.2) is 0 Å². The van der Waals surface area contributed by atoms with E-state index in [9.17, 15) is 4.79 Å². The molecule has 0 bridgehead atoms. The van der Waals surface area contributed by atoms with Gasteiger partial charge in [-0.05, 0) is 6.07 Å². The lowest BCUT2D eigenvalue weighted by molar-refractivity contribution is 0.167. The molecule has 0 aliphatic carbocycles. The van der Waals surface area contributed by atoms with E-state index in [4.69, 9.17) is 4.74 Å². The average molecular weight is 161 g/mol. The summed E-state index contributed by atoms with van der Waals surface area (Å²) in [5.74, 6) is 0.570. The summed E-state index contributed by atoms with van der Waals surface area (Å²) in [5, 5.41) is 0. The van der Waals surface area contributed by atoms with Gasteiger partial charge in [0.2, 0.25) is 0 Å². The highest BCUT2D eigenvalue weighted by Gasteiger charge is 2.21. The van der Waals surface area contributed by atoms with Gasteiger partial charge in [-0.1, -0.05) is 18.2 Å². The van der Waals surface area contributed by atoms with Gasteiger partial charge in [-0.25, -0.2) is 4.79 Å². The van der Waals surface area contributed by atoms with Gasteiger partial charge in [0.1, 0.15) is 12.3 Å². The molecular weight excluding hydrogens is 154 g/mol. The number of fused-ring (bicyclic) bond motifs is 1. The number of amides is 1. The molecule has 1 aromatic rings. The van der Waals surface area contributed by atoms with Crippen LogP contribution in [0.15, 0.2) is 24.3 Å². The summed E-state index contributed by atoms with van der Waals surface area (Å²) in [4.78, 5) is 12.3. The molecule has 2 rings (SSSR count). The van der Waals surface area contributed by atoms with Crippen molar-refractivity contribution in [1.82, 2.24) is 4.90 Å². The molecular formula is C9H7NO2. The van der Waals surface area contributed by atoms with Crippen molar-refractivity contribution in [3.63, 3.8) is 0 Å². The number of benzene rings is 1. The smallest absolute Gasteiger partial charge is 0.410 e. The van der Waals surface area contributed by atoms with Crippen molar-refractivity contribution in [3.8, 4) is 5.75 Å². The number of ether oxygens (including phenoxy) is 1. The van der Waals surface area contributed by atoms with E-state index in [2.05, 4.69) is 6.54 Å². The van der Waals surface area contributed by atoms with Gasteiger partial charge >= 0.3 is 6.09 Å². The molecule has 0 fully saturated rings. The van der Waals surface area contributed by atoms with Crippen molar-refractivity contribution in [3.05, 3.63) is 36.4 Å². The van der Waals surface area contributed by atoms with Crippen LogP contribution >= 0.6 is 0 Å². The van der Waals surface area contributed by atoms with E-state index in [1.807, 2.05) is 18.2 Å². The molecule has 0 unspecified atom stereocenters. The Labute approximate surface area is 70.6 Å². The fourth-order valence-corrected chi connectivity index (χ4v) is 1.04. The van der Waals surface area contributed by atoms with Crippen molar-refractivity contribution in [2.75, 3.05) is 7.05 Å². The lowest BCUT2D eigenvalue weighted by Crippen LogP contribution is -2.31. The first kappa shape index (κ1) is 7.16. The molecule has 0 atom stereocenters. The van der Waals surface area contributed by atoms with Crippen LogP contribution in [0.3, 0.4) is 0 Å². The lowest BCUT2D eigenvalue weighted by Gasteiger charge is -2.22. The molecule has 60 valence electrons. The second-order valence-electron chi connectivity index (χ2n) is 2.53. The number of rotatable bonds is 0. The zero-order chi connectivity index (χ0) is 8.55. The molecule has 1 heterocycles. The molecule has 1 aliphatic heterocycles. The van der Waals surface area contributed by atoms with Crippen LogP contribution in [0, 0.1) is 6.54 Å². The summed E-state index contributed by atoms with van der Waals surface area (Å²) >= 11 is 0. The molecule has 0 aromatic heterocycles. The molecule has 1 aromatic carbocycles. The van der Waals surface area contributed by atoms with Crippen LogP contribution in [0.25, 0.3) is 0 Å². The molecule has 3 heteroatoms. The first-order chi connectivity index (χ1) is 5.77. The summed E-state index contributed by atoms with van der Waals surface area (Å²) in [6, 6.07) is 7.28. The minimum Gasteiger partial charge on any atom is -0.410 e. The van der Waals surface area contributed by atoms with E-state index < -0.39 is 6.09 Å². The number of hydrogen-bond donors (Lipinski definition) is 0. The Kier molecular flexibility index (Phi) is 1.50. The predicted molar refractivity (Wildman–Crippen MR) is 42.6 cm³/mol. The van der Waals surface area contributed by atoms with Crippen molar-refractivity contribution < 1.29 is 9.53 Å². The van der Waals surface area contributed by atoms with E-state index in [-0.39, 0.29) is 0 Å². The van der Waals surface area contributed by atoms with E-state index >= 15 is 0 Å². The zero-order valence-electron chi connectivity index (χ0n) is 6.57. The van der Waals surface area contributed by atoms with E-state index in [0.29, 0.717) is 5.75 Å². The molecule has 0 saturated carbocycles. The minimum absolute atomic E-state index is 0.395. The van der Waals surface area contributed by atoms with Crippen LogP contribution < -0.4 is 4.74 Å². The molecule has 1 aliphatic rings. The lowest BCUT2D eigenvalue weighted by atomic mass is 10.2. The van der Waals surface area contributed by atoms with Crippen molar-refractivity contribution in [2.45, 2.75) is 0 Å². The summed E-state index contributed by atoms with van der Waals surface area (Å²) in [5.41, 5.74) is 0.805. The maximum absolute atomic E-state index is 11.0. The van der Waals surface area contributed by atoms with Gasteiger partial charge in [0.05, 0.1) is 0 Å². The molecule has 0 saturated heterocycles. The molecule has 3 nitrogen and oxygen atoms in total. The van der Waals surface area contributed by atoms with Crippen LogP contribution in [0.1, 0.15) is 5.56 Å². The molecule has 0 N–H and O–H groups in total. The second-order valence-corrected chi connectivity index (χ2v) is 2.53. The third-order valence-corrected chi connectivity index (χ3v) is 1.65. The van der Waals surface area contributed by atoms with Crippen LogP contribution in [0.5, 0.6) is 5.75 Å². The van der Waals surface area contributed by atoms with Gasteiger partial charge in [0.25, 0.3) is 0 Å². The average Bonchev–Trinajstić information content (AvgIpc) is 2.07. The molecule has 12 heavy (non-hydrogen) atoms. The van der Waals surface area contributed by atoms with E-state index in [0.717, 1.165) is 5.56 Å². The summed E-state index contributed by atoms with van der Waals surface area (Å²) in [6.07, 6.45) is -0.395. The van der Waals surface area contributed by atoms with E-state index in [1.165, 1.54) is 4.90 Å². The van der Waals surface area contributed by atoms with Gasteiger partial charge in [-0.2, -0.15) is 0 Å². The van der Waals surface area contributed by atoms with Crippen LogP contribution in [-0.2, 0) is 0 Å². The maximum Gasteiger partial charge on any atom is 0.415 e. The van der Waals surface area contributed by atoms with Crippen molar-refractivity contribution >= 4 is 6.09 Å².